The predicted octanol–water partition coefficient (Wildman–Crippen LogP) is 5.02. The minimum absolute atomic E-state index is 0.340. The molecule has 160 valence electrons. The molecule has 0 saturated carbocycles. The summed E-state index contributed by atoms with van der Waals surface area (Å²) < 4.78 is 5.37. The molecule has 1 amide bonds. The number of esters is 1. The first-order valence-electron chi connectivity index (χ1n) is 10.3. The van der Waals surface area contributed by atoms with Crippen LogP contribution in [0.15, 0.2) is 66.9 Å². The van der Waals surface area contributed by atoms with Crippen molar-refractivity contribution in [3.8, 4) is 11.4 Å². The number of hydrogen-bond acceptors (Lipinski definition) is 5. The van der Waals surface area contributed by atoms with Crippen molar-refractivity contribution < 1.29 is 14.3 Å². The zero-order valence-corrected chi connectivity index (χ0v) is 18.2. The second-order valence-corrected chi connectivity index (χ2v) is 7.69. The fourth-order valence-corrected chi connectivity index (χ4v) is 3.75. The molecular formula is C26H23N3O3. The van der Waals surface area contributed by atoms with Crippen molar-refractivity contribution >= 4 is 28.5 Å². The molecular weight excluding hydrogens is 402 g/mol. The molecule has 32 heavy (non-hydrogen) atoms. The Morgan fingerprint density at radius 3 is 2.34 bits per heavy atom. The smallest absolute Gasteiger partial charge is 0.339 e. The zero-order valence-electron chi connectivity index (χ0n) is 18.2. The molecule has 0 aliphatic carbocycles. The molecule has 0 unspecified atom stereocenters. The lowest BCUT2D eigenvalue weighted by atomic mass is 10.1. The SMILES string of the molecule is Cc1cc(C)c(NC(=O)COC(=O)c2cc(-c3ccccn3)nc3ccccc23)c(C)c1. The van der Waals surface area contributed by atoms with Crippen LogP contribution >= 0.6 is 0 Å². The summed E-state index contributed by atoms with van der Waals surface area (Å²) in [6, 6.07) is 18.5. The van der Waals surface area contributed by atoms with Crippen molar-refractivity contribution in [2.24, 2.45) is 0 Å². The minimum Gasteiger partial charge on any atom is -0.452 e. The number of anilines is 1. The number of carbonyl (C=O) groups is 2. The fraction of sp³-hybridized carbons (Fsp3) is 0.154. The first kappa shape index (κ1) is 21.2. The third kappa shape index (κ3) is 4.49. The van der Waals surface area contributed by atoms with Gasteiger partial charge in [-0.15, -0.1) is 0 Å². The predicted molar refractivity (Wildman–Crippen MR) is 125 cm³/mol. The average Bonchev–Trinajstić information content (AvgIpc) is 2.79. The van der Waals surface area contributed by atoms with Crippen LogP contribution in [0.3, 0.4) is 0 Å². The van der Waals surface area contributed by atoms with Gasteiger partial charge < -0.3 is 10.1 Å². The Morgan fingerprint density at radius 1 is 0.906 bits per heavy atom. The van der Waals surface area contributed by atoms with Crippen molar-refractivity contribution in [3.63, 3.8) is 0 Å². The highest BCUT2D eigenvalue weighted by molar-refractivity contribution is 6.05. The zero-order chi connectivity index (χ0) is 22.7. The molecule has 2 aromatic heterocycles. The number of benzene rings is 2. The highest BCUT2D eigenvalue weighted by Crippen LogP contribution is 2.25. The van der Waals surface area contributed by atoms with Crippen molar-refractivity contribution in [1.82, 2.24) is 9.97 Å². The largest absolute Gasteiger partial charge is 0.452 e. The van der Waals surface area contributed by atoms with E-state index in [1.54, 1.807) is 18.3 Å². The molecule has 1 N–H and O–H groups in total. The summed E-state index contributed by atoms with van der Waals surface area (Å²) in [4.78, 5) is 34.3. The standard InChI is InChI=1S/C26H23N3O3/c1-16-12-17(2)25(18(3)13-16)29-24(30)15-32-26(31)20-14-23(22-10-6-7-11-27-22)28-21-9-5-4-8-19(20)21/h4-14H,15H2,1-3H3,(H,29,30). The number of amides is 1. The van der Waals surface area contributed by atoms with Gasteiger partial charge >= 0.3 is 5.97 Å². The first-order chi connectivity index (χ1) is 15.4. The van der Waals surface area contributed by atoms with E-state index in [1.165, 1.54) is 0 Å². The van der Waals surface area contributed by atoms with Crippen LogP contribution in [-0.4, -0.2) is 28.5 Å². The summed E-state index contributed by atoms with van der Waals surface area (Å²) in [5.74, 6) is -0.981. The van der Waals surface area contributed by atoms with E-state index in [2.05, 4.69) is 15.3 Å². The number of nitrogens with one attached hydrogen (secondary N) is 1. The third-order valence-corrected chi connectivity index (χ3v) is 5.14. The van der Waals surface area contributed by atoms with Crippen molar-refractivity contribution in [1.29, 1.82) is 0 Å². The lowest BCUT2D eigenvalue weighted by Gasteiger charge is -2.13. The Bertz CT molecular complexity index is 1290. The van der Waals surface area contributed by atoms with E-state index >= 15 is 0 Å². The molecule has 0 bridgehead atoms. The summed E-state index contributed by atoms with van der Waals surface area (Å²) in [6.45, 7) is 5.49. The van der Waals surface area contributed by atoms with E-state index in [1.807, 2.05) is 69.3 Å². The van der Waals surface area contributed by atoms with E-state index < -0.39 is 11.9 Å². The Hall–Kier alpha value is -4.06. The number of para-hydroxylation sites is 1. The number of ether oxygens (including phenoxy) is 1. The molecule has 2 aromatic carbocycles. The van der Waals surface area contributed by atoms with Gasteiger partial charge in [0, 0.05) is 17.3 Å². The normalized spacial score (nSPS) is 10.7. The van der Waals surface area contributed by atoms with Crippen LogP contribution in [0.5, 0.6) is 0 Å². The van der Waals surface area contributed by atoms with Crippen LogP contribution in [-0.2, 0) is 9.53 Å². The van der Waals surface area contributed by atoms with Crippen LogP contribution in [0.2, 0.25) is 0 Å². The second kappa shape index (κ2) is 8.98. The number of carbonyl (C=O) groups excluding carboxylic acids is 2. The molecule has 0 radical (unpaired) electrons. The van der Waals surface area contributed by atoms with E-state index in [-0.39, 0.29) is 6.61 Å². The number of hydrogen-bond donors (Lipinski definition) is 1. The fourth-order valence-electron chi connectivity index (χ4n) is 3.75. The Balaban J connectivity index is 1.56. The van der Waals surface area contributed by atoms with Gasteiger partial charge in [-0.2, -0.15) is 0 Å². The molecule has 0 aliphatic rings. The van der Waals surface area contributed by atoms with Crippen LogP contribution in [0.25, 0.3) is 22.3 Å². The number of nitrogens with zero attached hydrogens (tertiary/aromatic N) is 2. The summed E-state index contributed by atoms with van der Waals surface area (Å²) in [5, 5.41) is 3.50. The lowest BCUT2D eigenvalue weighted by molar-refractivity contribution is -0.119. The molecule has 0 saturated heterocycles. The van der Waals surface area contributed by atoms with Gasteiger partial charge in [0.15, 0.2) is 6.61 Å². The number of rotatable bonds is 5. The van der Waals surface area contributed by atoms with Crippen LogP contribution in [0.1, 0.15) is 27.0 Å². The monoisotopic (exact) mass is 425 g/mol. The average molecular weight is 425 g/mol. The van der Waals surface area contributed by atoms with E-state index in [0.29, 0.717) is 27.9 Å². The Morgan fingerprint density at radius 2 is 1.62 bits per heavy atom. The molecule has 4 aromatic rings. The van der Waals surface area contributed by atoms with Crippen LogP contribution in [0.4, 0.5) is 5.69 Å². The maximum atomic E-state index is 12.9. The van der Waals surface area contributed by atoms with E-state index in [4.69, 9.17) is 4.74 Å². The molecule has 2 heterocycles. The summed E-state index contributed by atoms with van der Waals surface area (Å²) in [5.41, 5.74) is 5.98. The van der Waals surface area contributed by atoms with Crippen molar-refractivity contribution in [2.45, 2.75) is 20.8 Å². The number of aromatic nitrogens is 2. The molecule has 0 aliphatic heterocycles. The summed E-state index contributed by atoms with van der Waals surface area (Å²) in [7, 11) is 0. The van der Waals surface area contributed by atoms with Gasteiger partial charge in [0.25, 0.3) is 5.91 Å². The molecule has 0 fully saturated rings. The number of fused-ring (bicyclic) bond motifs is 1. The van der Waals surface area contributed by atoms with Crippen molar-refractivity contribution in [3.05, 3.63) is 89.1 Å². The lowest BCUT2D eigenvalue weighted by Crippen LogP contribution is -2.22. The highest BCUT2D eigenvalue weighted by Gasteiger charge is 2.17. The van der Waals surface area contributed by atoms with Gasteiger partial charge in [-0.05, 0) is 56.2 Å². The highest BCUT2D eigenvalue weighted by atomic mass is 16.5. The number of pyridine rings is 2. The minimum atomic E-state index is -0.590. The summed E-state index contributed by atoms with van der Waals surface area (Å²) in [6.07, 6.45) is 1.67. The summed E-state index contributed by atoms with van der Waals surface area (Å²) >= 11 is 0. The maximum Gasteiger partial charge on any atom is 0.339 e. The second-order valence-electron chi connectivity index (χ2n) is 7.69. The van der Waals surface area contributed by atoms with Gasteiger partial charge in [0.05, 0.1) is 22.5 Å². The van der Waals surface area contributed by atoms with Crippen LogP contribution < -0.4 is 5.32 Å². The topological polar surface area (TPSA) is 81.2 Å². The van der Waals surface area contributed by atoms with Gasteiger partial charge in [0.2, 0.25) is 0 Å². The van der Waals surface area contributed by atoms with Gasteiger partial charge in [-0.1, -0.05) is 42.0 Å². The molecule has 6 nitrogen and oxygen atoms in total. The Labute approximate surface area is 186 Å². The molecule has 0 spiro atoms. The molecule has 4 rings (SSSR count). The van der Waals surface area contributed by atoms with Gasteiger partial charge in [0.1, 0.15) is 0 Å². The quantitative estimate of drug-likeness (QED) is 0.454. The van der Waals surface area contributed by atoms with Crippen molar-refractivity contribution in [2.75, 3.05) is 11.9 Å². The van der Waals surface area contributed by atoms with E-state index in [0.717, 1.165) is 22.4 Å². The van der Waals surface area contributed by atoms with Gasteiger partial charge in [-0.3, -0.25) is 9.78 Å². The first-order valence-corrected chi connectivity index (χ1v) is 10.3. The maximum absolute atomic E-state index is 12.9. The third-order valence-electron chi connectivity index (χ3n) is 5.14. The number of aryl methyl sites for hydroxylation is 3. The molecule has 6 heteroatoms. The Kier molecular flexibility index (Phi) is 5.94. The molecule has 0 atom stereocenters. The van der Waals surface area contributed by atoms with Gasteiger partial charge in [-0.25, -0.2) is 9.78 Å². The van der Waals surface area contributed by atoms with E-state index in [9.17, 15) is 9.59 Å². The van der Waals surface area contributed by atoms with Crippen LogP contribution in [0, 0.1) is 20.8 Å².